The van der Waals surface area contributed by atoms with Gasteiger partial charge in [0.15, 0.2) is 0 Å². The second-order valence-electron chi connectivity index (χ2n) is 6.65. The zero-order valence-corrected chi connectivity index (χ0v) is 12.8. The summed E-state index contributed by atoms with van der Waals surface area (Å²) in [5.74, 6) is -0.679. The van der Waals surface area contributed by atoms with Crippen LogP contribution >= 0.6 is 0 Å². The highest BCUT2D eigenvalue weighted by Crippen LogP contribution is 2.34. The van der Waals surface area contributed by atoms with Crippen LogP contribution in [0.2, 0.25) is 0 Å². The maximum Gasteiger partial charge on any atom is 0.354 e. The topological polar surface area (TPSA) is 70.5 Å². The number of carboxylic acid groups (broad SMARTS) is 1. The molecule has 1 aromatic rings. The fraction of sp³-hybridized carbons (Fsp3) is 0.562. The van der Waals surface area contributed by atoms with E-state index in [-0.39, 0.29) is 22.7 Å². The third-order valence-corrected chi connectivity index (χ3v) is 4.19. The Kier molecular flexibility index (Phi) is 4.30. The van der Waals surface area contributed by atoms with Crippen molar-refractivity contribution in [2.45, 2.75) is 33.6 Å². The molecule has 0 aliphatic carbocycles. The van der Waals surface area contributed by atoms with Gasteiger partial charge in [-0.25, -0.2) is 9.78 Å². The van der Waals surface area contributed by atoms with Crippen LogP contribution in [0.25, 0.3) is 0 Å². The predicted molar refractivity (Wildman–Crippen MR) is 79.3 cm³/mol. The van der Waals surface area contributed by atoms with Crippen molar-refractivity contribution in [3.05, 3.63) is 29.6 Å². The Morgan fingerprint density at radius 3 is 2.29 bits per heavy atom. The van der Waals surface area contributed by atoms with Crippen LogP contribution in [0, 0.1) is 11.3 Å². The van der Waals surface area contributed by atoms with Crippen LogP contribution in [0.5, 0.6) is 0 Å². The van der Waals surface area contributed by atoms with Gasteiger partial charge in [0.05, 0.1) is 0 Å². The highest BCUT2D eigenvalue weighted by Gasteiger charge is 2.31. The van der Waals surface area contributed by atoms with E-state index >= 15 is 0 Å². The molecule has 0 radical (unpaired) electrons. The zero-order valence-electron chi connectivity index (χ0n) is 12.8. The average Bonchev–Trinajstić information content (AvgIpc) is 2.46. The van der Waals surface area contributed by atoms with E-state index in [4.69, 9.17) is 5.11 Å². The number of likely N-dealkylation sites (tertiary alicyclic amines) is 1. The number of carbonyl (C=O) groups excluding carboxylic acids is 1. The van der Waals surface area contributed by atoms with Crippen molar-refractivity contribution >= 4 is 11.9 Å². The van der Waals surface area contributed by atoms with E-state index in [1.54, 1.807) is 17.0 Å². The van der Waals surface area contributed by atoms with Gasteiger partial charge in [0.2, 0.25) is 0 Å². The van der Waals surface area contributed by atoms with Gasteiger partial charge in [-0.2, -0.15) is 0 Å². The lowest BCUT2D eigenvalue weighted by Gasteiger charge is -2.38. The fourth-order valence-corrected chi connectivity index (χ4v) is 2.78. The third-order valence-electron chi connectivity index (χ3n) is 4.19. The first-order chi connectivity index (χ1) is 9.79. The highest BCUT2D eigenvalue weighted by molar-refractivity contribution is 5.94. The Labute approximate surface area is 125 Å². The first-order valence-corrected chi connectivity index (χ1v) is 7.28. The number of piperidine rings is 1. The number of rotatable bonds is 2. The summed E-state index contributed by atoms with van der Waals surface area (Å²) in [6.45, 7) is 8.10. The Morgan fingerprint density at radius 2 is 1.76 bits per heavy atom. The molecule has 21 heavy (non-hydrogen) atoms. The van der Waals surface area contributed by atoms with Crippen LogP contribution in [-0.4, -0.2) is 40.0 Å². The van der Waals surface area contributed by atoms with Crippen molar-refractivity contribution in [3.8, 4) is 0 Å². The summed E-state index contributed by atoms with van der Waals surface area (Å²) in [6, 6.07) is 4.53. The number of nitrogens with zero attached hydrogens (tertiary/aromatic N) is 2. The molecule has 1 fully saturated rings. The first-order valence-electron chi connectivity index (χ1n) is 7.28. The number of pyridine rings is 1. The minimum Gasteiger partial charge on any atom is -0.477 e. The number of aromatic carboxylic acids is 1. The van der Waals surface area contributed by atoms with E-state index in [9.17, 15) is 9.59 Å². The summed E-state index contributed by atoms with van der Waals surface area (Å²) in [6.07, 6.45) is 1.96. The molecule has 5 heteroatoms. The summed E-state index contributed by atoms with van der Waals surface area (Å²) in [7, 11) is 0. The number of carboxylic acids is 1. The molecular weight excluding hydrogens is 268 g/mol. The van der Waals surface area contributed by atoms with Crippen molar-refractivity contribution in [1.82, 2.24) is 9.88 Å². The number of carbonyl (C=O) groups is 2. The van der Waals surface area contributed by atoms with E-state index in [1.165, 1.54) is 6.07 Å². The van der Waals surface area contributed by atoms with E-state index < -0.39 is 5.97 Å². The van der Waals surface area contributed by atoms with Gasteiger partial charge in [-0.05, 0) is 36.3 Å². The Hall–Kier alpha value is -1.91. The minimum absolute atomic E-state index is 0.0922. The molecule has 1 saturated heterocycles. The molecule has 0 bridgehead atoms. The average molecular weight is 290 g/mol. The van der Waals surface area contributed by atoms with Crippen molar-refractivity contribution in [1.29, 1.82) is 0 Å². The van der Waals surface area contributed by atoms with Crippen LogP contribution in [-0.2, 0) is 0 Å². The van der Waals surface area contributed by atoms with Gasteiger partial charge in [-0.1, -0.05) is 26.8 Å². The molecule has 0 spiro atoms. The largest absolute Gasteiger partial charge is 0.477 e. The van der Waals surface area contributed by atoms with E-state index in [0.717, 1.165) is 12.8 Å². The maximum absolute atomic E-state index is 12.4. The van der Waals surface area contributed by atoms with Gasteiger partial charge in [-0.3, -0.25) is 4.79 Å². The molecule has 0 saturated carbocycles. The molecule has 0 atom stereocenters. The number of hydrogen-bond acceptors (Lipinski definition) is 3. The molecule has 1 N–H and O–H groups in total. The SMILES string of the molecule is CC(C)(C)C1CCN(C(=O)c2cccc(C(=O)O)n2)CC1. The van der Waals surface area contributed by atoms with Gasteiger partial charge in [-0.15, -0.1) is 0 Å². The van der Waals surface area contributed by atoms with Crippen LogP contribution in [0.15, 0.2) is 18.2 Å². The lowest BCUT2D eigenvalue weighted by molar-refractivity contribution is 0.0602. The molecule has 0 aromatic carbocycles. The van der Waals surface area contributed by atoms with Crippen molar-refractivity contribution in [2.75, 3.05) is 13.1 Å². The van der Waals surface area contributed by atoms with E-state index in [1.807, 2.05) is 0 Å². The molecular formula is C16H22N2O3. The number of aromatic nitrogens is 1. The van der Waals surface area contributed by atoms with Crippen LogP contribution in [0.4, 0.5) is 0 Å². The molecule has 5 nitrogen and oxygen atoms in total. The van der Waals surface area contributed by atoms with E-state index in [2.05, 4.69) is 25.8 Å². The smallest absolute Gasteiger partial charge is 0.354 e. The lowest BCUT2D eigenvalue weighted by atomic mass is 9.75. The standard InChI is InChI=1S/C16H22N2O3/c1-16(2,3)11-7-9-18(10-8-11)14(19)12-5-4-6-13(17-12)15(20)21/h4-6,11H,7-10H2,1-3H3,(H,20,21). The highest BCUT2D eigenvalue weighted by atomic mass is 16.4. The van der Waals surface area contributed by atoms with Gasteiger partial charge >= 0.3 is 5.97 Å². The molecule has 1 aliphatic heterocycles. The first kappa shape index (κ1) is 15.5. The van der Waals surface area contributed by atoms with Crippen LogP contribution in [0.3, 0.4) is 0 Å². The molecule has 1 aromatic heterocycles. The quantitative estimate of drug-likeness (QED) is 0.909. The summed E-state index contributed by atoms with van der Waals surface area (Å²) < 4.78 is 0. The summed E-state index contributed by atoms with van der Waals surface area (Å²) in [5.41, 5.74) is 0.380. The number of hydrogen-bond donors (Lipinski definition) is 1. The monoisotopic (exact) mass is 290 g/mol. The second-order valence-corrected chi connectivity index (χ2v) is 6.65. The van der Waals surface area contributed by atoms with Gasteiger partial charge in [0, 0.05) is 13.1 Å². The van der Waals surface area contributed by atoms with Crippen molar-refractivity contribution in [3.63, 3.8) is 0 Å². The molecule has 1 aliphatic rings. The second kappa shape index (κ2) is 5.84. The number of amides is 1. The molecule has 1 amide bonds. The molecule has 2 rings (SSSR count). The molecule has 0 unspecified atom stereocenters. The summed E-state index contributed by atoms with van der Waals surface area (Å²) in [5, 5.41) is 8.94. The molecule has 2 heterocycles. The van der Waals surface area contributed by atoms with Crippen LogP contribution < -0.4 is 0 Å². The van der Waals surface area contributed by atoms with Gasteiger partial charge < -0.3 is 10.0 Å². The zero-order chi connectivity index (χ0) is 15.6. The Balaban J connectivity index is 2.05. The third kappa shape index (κ3) is 3.60. The van der Waals surface area contributed by atoms with E-state index in [0.29, 0.717) is 19.0 Å². The Morgan fingerprint density at radius 1 is 1.19 bits per heavy atom. The van der Waals surface area contributed by atoms with Gasteiger partial charge in [0.25, 0.3) is 5.91 Å². The summed E-state index contributed by atoms with van der Waals surface area (Å²) >= 11 is 0. The molecule has 114 valence electrons. The maximum atomic E-state index is 12.4. The fourth-order valence-electron chi connectivity index (χ4n) is 2.78. The van der Waals surface area contributed by atoms with Crippen molar-refractivity contribution in [2.24, 2.45) is 11.3 Å². The summed E-state index contributed by atoms with van der Waals surface area (Å²) in [4.78, 5) is 29.0. The normalized spacial score (nSPS) is 16.8. The van der Waals surface area contributed by atoms with Gasteiger partial charge in [0.1, 0.15) is 11.4 Å². The Bertz CT molecular complexity index is 541. The lowest BCUT2D eigenvalue weighted by Crippen LogP contribution is -2.41. The van der Waals surface area contributed by atoms with Crippen molar-refractivity contribution < 1.29 is 14.7 Å². The predicted octanol–water partition coefficient (Wildman–Crippen LogP) is 2.68. The van der Waals surface area contributed by atoms with Crippen LogP contribution in [0.1, 0.15) is 54.6 Å². The minimum atomic E-state index is -1.11.